The fraction of sp³-hybridized carbons (Fsp3) is 0.500. The maximum atomic E-state index is 8.33. The number of nitrogens with zero attached hydrogens (tertiary/aromatic N) is 3. The van der Waals surface area contributed by atoms with Gasteiger partial charge in [0.25, 0.3) is 0 Å². The lowest BCUT2D eigenvalue weighted by atomic mass is 10.5. The van der Waals surface area contributed by atoms with E-state index < -0.39 is 19.3 Å². The predicted molar refractivity (Wildman–Crippen MR) is 63.3 cm³/mol. The summed E-state index contributed by atoms with van der Waals surface area (Å²) in [4.78, 5) is 24.1. The van der Waals surface area contributed by atoms with Crippen molar-refractivity contribution in [2.45, 2.75) is 10.2 Å². The lowest BCUT2D eigenvalue weighted by Gasteiger charge is -2.13. The number of hydrogen-bond acceptors (Lipinski definition) is 7. The summed E-state index contributed by atoms with van der Waals surface area (Å²) in [5.41, 5.74) is 0. The number of hydrogen-bond donors (Lipinski definition) is 3. The van der Waals surface area contributed by atoms with Gasteiger partial charge in [-0.05, 0) is 11.3 Å². The third-order valence-electron chi connectivity index (χ3n) is 1.12. The molecule has 0 aromatic carbocycles. The highest BCUT2D eigenvalue weighted by molar-refractivity contribution is 6.49. The highest BCUT2D eigenvalue weighted by Gasteiger charge is 2.32. The van der Waals surface area contributed by atoms with Crippen LogP contribution >= 0.6 is 34.8 Å². The Morgan fingerprint density at radius 2 is 1.65 bits per heavy atom. The van der Waals surface area contributed by atoms with E-state index in [9.17, 15) is 0 Å². The lowest BCUT2D eigenvalue weighted by Crippen LogP contribution is -2.41. The summed E-state index contributed by atoms with van der Waals surface area (Å²) in [6.45, 7) is -0.311. The van der Waals surface area contributed by atoms with Gasteiger partial charge in [0.2, 0.25) is 0 Å². The molecule has 0 aliphatic carbocycles. The van der Waals surface area contributed by atoms with Crippen LogP contribution in [0.4, 0.5) is 0 Å². The number of rotatable bonds is 4. The highest BCUT2D eigenvalue weighted by atomic mass is 35.5. The zero-order valence-electron chi connectivity index (χ0n) is 8.32. The van der Waals surface area contributed by atoms with Crippen LogP contribution in [0.5, 0.6) is 0 Å². The van der Waals surface area contributed by atoms with Crippen molar-refractivity contribution in [3.63, 3.8) is 0 Å². The number of alkyl halides is 3. The van der Waals surface area contributed by atoms with Gasteiger partial charge in [-0.15, -0.1) is 45.0 Å². The number of aromatic nitrogens is 3. The van der Waals surface area contributed by atoms with Crippen molar-refractivity contribution < 1.29 is 18.8 Å². The second-order valence-corrected chi connectivity index (χ2v) is 5.71. The monoisotopic (exact) mass is 321 g/mol. The maximum absolute atomic E-state index is 8.33. The van der Waals surface area contributed by atoms with E-state index in [0.29, 0.717) is 0 Å². The molecule has 11 heteroatoms. The van der Waals surface area contributed by atoms with Crippen molar-refractivity contribution in [3.8, 4) is 0 Å². The summed E-state index contributed by atoms with van der Waals surface area (Å²) in [5, 5.41) is 9.35. The minimum absolute atomic E-state index is 0.311. The third-order valence-corrected chi connectivity index (χ3v) is 2.92. The van der Waals surface area contributed by atoms with Crippen molar-refractivity contribution in [3.05, 3.63) is 18.5 Å². The Bertz CT molecular complexity index is 263. The molecule has 1 aromatic rings. The smallest absolute Gasteiger partial charge is 0.368 e. The SMILES string of the molecule is O[Si](O)(O)OCC(Cl)C(Cl)Cl.c1cnnnc1. The topological polar surface area (TPSA) is 109 Å². The molecular weight excluding hydrogens is 313 g/mol. The summed E-state index contributed by atoms with van der Waals surface area (Å²) in [5.74, 6) is 0. The van der Waals surface area contributed by atoms with Gasteiger partial charge in [0.1, 0.15) is 4.84 Å². The first-order chi connectivity index (χ1) is 7.83. The van der Waals surface area contributed by atoms with Crippen LogP contribution in [-0.4, -0.2) is 55.7 Å². The van der Waals surface area contributed by atoms with Crippen molar-refractivity contribution >= 4 is 43.9 Å². The van der Waals surface area contributed by atoms with Gasteiger partial charge >= 0.3 is 9.05 Å². The van der Waals surface area contributed by atoms with Gasteiger partial charge in [0.05, 0.1) is 24.4 Å². The Kier molecular flexibility index (Phi) is 8.91. The Hall–Kier alpha value is -0.0631. The van der Waals surface area contributed by atoms with Crippen LogP contribution in [0.15, 0.2) is 18.5 Å². The predicted octanol–water partition coefficient (Wildman–Crippen LogP) is -0.302. The molecule has 7 nitrogen and oxygen atoms in total. The van der Waals surface area contributed by atoms with Crippen molar-refractivity contribution in [1.82, 2.24) is 15.4 Å². The first kappa shape index (κ1) is 16.9. The quantitative estimate of drug-likeness (QED) is 0.516. The zero-order valence-corrected chi connectivity index (χ0v) is 11.6. The average Bonchev–Trinajstić information content (AvgIpc) is 2.28. The zero-order chi connectivity index (χ0) is 13.3. The van der Waals surface area contributed by atoms with E-state index in [1.807, 2.05) is 0 Å². The van der Waals surface area contributed by atoms with Crippen molar-refractivity contribution in [2.75, 3.05) is 6.61 Å². The van der Waals surface area contributed by atoms with E-state index in [4.69, 9.17) is 49.2 Å². The molecule has 0 saturated carbocycles. The largest absolute Gasteiger partial charge is 0.671 e. The van der Waals surface area contributed by atoms with Gasteiger partial charge < -0.3 is 18.8 Å². The minimum Gasteiger partial charge on any atom is -0.368 e. The van der Waals surface area contributed by atoms with E-state index in [0.717, 1.165) is 0 Å². The van der Waals surface area contributed by atoms with Gasteiger partial charge in [-0.2, -0.15) is 0 Å². The molecule has 17 heavy (non-hydrogen) atoms. The van der Waals surface area contributed by atoms with Crippen LogP contribution in [0.1, 0.15) is 0 Å². The molecule has 0 radical (unpaired) electrons. The Morgan fingerprint density at radius 1 is 1.12 bits per heavy atom. The summed E-state index contributed by atoms with van der Waals surface area (Å²) < 4.78 is 4.16. The summed E-state index contributed by atoms with van der Waals surface area (Å²) in [7, 11) is -4.47. The molecule has 1 rings (SSSR count). The van der Waals surface area contributed by atoms with Crippen molar-refractivity contribution in [2.24, 2.45) is 0 Å². The van der Waals surface area contributed by atoms with Gasteiger partial charge in [0, 0.05) is 0 Å². The summed E-state index contributed by atoms with van der Waals surface area (Å²) >= 11 is 16.0. The van der Waals surface area contributed by atoms with Crippen LogP contribution in [0.2, 0.25) is 0 Å². The second-order valence-electron chi connectivity index (χ2n) is 2.55. The fourth-order valence-corrected chi connectivity index (χ4v) is 1.19. The van der Waals surface area contributed by atoms with Crippen LogP contribution < -0.4 is 0 Å². The molecule has 1 heterocycles. The molecule has 0 fully saturated rings. The van der Waals surface area contributed by atoms with Gasteiger partial charge in [0.15, 0.2) is 0 Å². The molecule has 0 aliphatic heterocycles. The first-order valence-electron chi connectivity index (χ1n) is 4.14. The Morgan fingerprint density at radius 3 is 1.88 bits per heavy atom. The summed E-state index contributed by atoms with van der Waals surface area (Å²) in [6, 6.07) is 1.72. The minimum atomic E-state index is -4.47. The van der Waals surface area contributed by atoms with Gasteiger partial charge in [-0.1, -0.05) is 0 Å². The molecule has 3 N–H and O–H groups in total. The molecule has 0 saturated heterocycles. The average molecular weight is 323 g/mol. The molecule has 1 aromatic heterocycles. The molecular formula is C6H10Cl3N3O4Si. The molecule has 0 amide bonds. The Balaban J connectivity index is 0.000000354. The third kappa shape index (κ3) is 12.2. The molecule has 98 valence electrons. The van der Waals surface area contributed by atoms with E-state index in [2.05, 4.69) is 19.8 Å². The maximum Gasteiger partial charge on any atom is 0.671 e. The summed E-state index contributed by atoms with van der Waals surface area (Å²) in [6.07, 6.45) is 3.15. The molecule has 0 bridgehead atoms. The van der Waals surface area contributed by atoms with Crippen LogP contribution in [-0.2, 0) is 4.43 Å². The molecule has 1 unspecified atom stereocenters. The van der Waals surface area contributed by atoms with E-state index in [1.165, 1.54) is 0 Å². The normalized spacial score (nSPS) is 12.9. The van der Waals surface area contributed by atoms with E-state index in [1.54, 1.807) is 18.5 Å². The molecule has 1 atom stereocenters. The van der Waals surface area contributed by atoms with Gasteiger partial charge in [-0.25, -0.2) is 0 Å². The second kappa shape index (κ2) is 8.95. The molecule has 0 spiro atoms. The molecule has 0 aliphatic rings. The van der Waals surface area contributed by atoms with Crippen LogP contribution in [0.3, 0.4) is 0 Å². The lowest BCUT2D eigenvalue weighted by molar-refractivity contribution is 0.0641. The van der Waals surface area contributed by atoms with Crippen LogP contribution in [0, 0.1) is 0 Å². The first-order valence-corrected chi connectivity index (χ1v) is 7.20. The fourth-order valence-electron chi connectivity index (χ4n) is 0.469. The Labute approximate surface area is 113 Å². The standard InChI is InChI=1S/C3H7Cl3O4Si.C3H3N3/c4-2(3(5)6)1-10-11(7,8)9;1-2-4-6-5-3-1/h2-3,7-9H,1H2;1-3H. The number of halogens is 3. The van der Waals surface area contributed by atoms with Crippen LogP contribution in [0.25, 0.3) is 0 Å². The van der Waals surface area contributed by atoms with E-state index >= 15 is 0 Å². The highest BCUT2D eigenvalue weighted by Crippen LogP contribution is 2.14. The van der Waals surface area contributed by atoms with E-state index in [-0.39, 0.29) is 6.61 Å². The van der Waals surface area contributed by atoms with Crippen molar-refractivity contribution in [1.29, 1.82) is 0 Å². The van der Waals surface area contributed by atoms with Gasteiger partial charge in [-0.3, -0.25) is 0 Å².